The van der Waals surface area contributed by atoms with Crippen molar-refractivity contribution in [2.24, 2.45) is 0 Å². The van der Waals surface area contributed by atoms with Crippen LogP contribution >= 0.6 is 0 Å². The lowest BCUT2D eigenvalue weighted by Gasteiger charge is -2.15. The molecule has 3 nitrogen and oxygen atoms in total. The largest absolute Gasteiger partial charge is 0.481 e. The molecule has 0 radical (unpaired) electrons. The summed E-state index contributed by atoms with van der Waals surface area (Å²) in [4.78, 5) is 14.9. The van der Waals surface area contributed by atoms with Crippen LogP contribution in [-0.4, -0.2) is 16.1 Å². The molecule has 0 atom stereocenters. The lowest BCUT2D eigenvalue weighted by molar-refractivity contribution is -0.137. The SMILES string of the molecule is O=C(O)CCCc1cnc2c(c1)CCCC2. The summed E-state index contributed by atoms with van der Waals surface area (Å²) in [5.74, 6) is -0.717. The van der Waals surface area contributed by atoms with E-state index >= 15 is 0 Å². The van der Waals surface area contributed by atoms with Crippen molar-refractivity contribution in [1.82, 2.24) is 4.98 Å². The van der Waals surface area contributed by atoms with Crippen LogP contribution in [-0.2, 0) is 24.1 Å². The quantitative estimate of drug-likeness (QED) is 0.845. The Morgan fingerprint density at radius 2 is 2.19 bits per heavy atom. The Bertz CT molecular complexity index is 388. The molecule has 0 aliphatic heterocycles. The van der Waals surface area contributed by atoms with Crippen molar-refractivity contribution in [3.8, 4) is 0 Å². The summed E-state index contributed by atoms with van der Waals surface area (Å²) in [6, 6.07) is 2.21. The summed E-state index contributed by atoms with van der Waals surface area (Å²) in [5.41, 5.74) is 3.80. The fourth-order valence-electron chi connectivity index (χ4n) is 2.22. The Morgan fingerprint density at radius 1 is 1.38 bits per heavy atom. The predicted octanol–water partition coefficient (Wildman–Crippen LogP) is 2.37. The lowest BCUT2D eigenvalue weighted by atomic mass is 9.94. The fraction of sp³-hybridized carbons (Fsp3) is 0.538. The smallest absolute Gasteiger partial charge is 0.303 e. The minimum atomic E-state index is -0.717. The van der Waals surface area contributed by atoms with E-state index in [-0.39, 0.29) is 6.42 Å². The van der Waals surface area contributed by atoms with Crippen molar-refractivity contribution >= 4 is 5.97 Å². The van der Waals surface area contributed by atoms with Crippen molar-refractivity contribution in [3.63, 3.8) is 0 Å². The van der Waals surface area contributed by atoms with E-state index < -0.39 is 5.97 Å². The summed E-state index contributed by atoms with van der Waals surface area (Å²) in [5, 5.41) is 8.57. The number of fused-ring (bicyclic) bond motifs is 1. The highest BCUT2D eigenvalue weighted by Crippen LogP contribution is 2.20. The van der Waals surface area contributed by atoms with Crippen LogP contribution in [0.5, 0.6) is 0 Å². The first kappa shape index (κ1) is 11.1. The van der Waals surface area contributed by atoms with Gasteiger partial charge in [-0.3, -0.25) is 9.78 Å². The second-order valence-electron chi connectivity index (χ2n) is 4.40. The minimum absolute atomic E-state index is 0.247. The van der Waals surface area contributed by atoms with Gasteiger partial charge in [0.1, 0.15) is 0 Å². The maximum absolute atomic E-state index is 10.4. The second kappa shape index (κ2) is 5.10. The first-order valence-electron chi connectivity index (χ1n) is 5.94. The number of carboxylic acids is 1. The van der Waals surface area contributed by atoms with E-state index in [4.69, 9.17) is 5.11 Å². The first-order valence-corrected chi connectivity index (χ1v) is 5.94. The zero-order valence-corrected chi connectivity index (χ0v) is 9.41. The molecule has 0 saturated heterocycles. The van der Waals surface area contributed by atoms with Crippen LogP contribution in [0.25, 0.3) is 0 Å². The molecular weight excluding hydrogens is 202 g/mol. The van der Waals surface area contributed by atoms with Gasteiger partial charge in [0.25, 0.3) is 0 Å². The highest BCUT2D eigenvalue weighted by atomic mass is 16.4. The molecule has 2 rings (SSSR count). The van der Waals surface area contributed by atoms with Crippen molar-refractivity contribution in [3.05, 3.63) is 29.1 Å². The van der Waals surface area contributed by atoms with E-state index in [1.54, 1.807) is 0 Å². The third-order valence-corrected chi connectivity index (χ3v) is 3.08. The van der Waals surface area contributed by atoms with E-state index in [1.807, 2.05) is 6.20 Å². The molecule has 0 amide bonds. The van der Waals surface area contributed by atoms with E-state index in [9.17, 15) is 4.79 Å². The molecule has 16 heavy (non-hydrogen) atoms. The third-order valence-electron chi connectivity index (χ3n) is 3.08. The molecule has 0 saturated carbocycles. The number of hydrogen-bond acceptors (Lipinski definition) is 2. The highest BCUT2D eigenvalue weighted by molar-refractivity contribution is 5.66. The Morgan fingerprint density at radius 3 is 3.00 bits per heavy atom. The van der Waals surface area contributed by atoms with Gasteiger partial charge in [0.15, 0.2) is 0 Å². The summed E-state index contributed by atoms with van der Waals surface area (Å²) in [6.07, 6.45) is 8.43. The van der Waals surface area contributed by atoms with Gasteiger partial charge < -0.3 is 5.11 Å². The molecule has 0 spiro atoms. The van der Waals surface area contributed by atoms with Gasteiger partial charge in [-0.2, -0.15) is 0 Å². The molecule has 0 bridgehead atoms. The standard InChI is InChI=1S/C13H17NO2/c15-13(16)7-3-4-10-8-11-5-1-2-6-12(11)14-9-10/h8-9H,1-7H2,(H,15,16). The van der Waals surface area contributed by atoms with E-state index in [0.29, 0.717) is 6.42 Å². The molecular formula is C13H17NO2. The number of pyridine rings is 1. The maximum atomic E-state index is 10.4. The number of carboxylic acid groups (broad SMARTS) is 1. The predicted molar refractivity (Wildman–Crippen MR) is 61.5 cm³/mol. The van der Waals surface area contributed by atoms with Gasteiger partial charge in [0.2, 0.25) is 0 Å². The Hall–Kier alpha value is -1.38. The Kier molecular flexibility index (Phi) is 3.54. The lowest BCUT2D eigenvalue weighted by Crippen LogP contribution is -2.06. The fourth-order valence-corrected chi connectivity index (χ4v) is 2.22. The van der Waals surface area contributed by atoms with Gasteiger partial charge in [-0.1, -0.05) is 6.07 Å². The molecule has 3 heteroatoms. The number of aryl methyl sites for hydroxylation is 3. The van der Waals surface area contributed by atoms with E-state index in [0.717, 1.165) is 19.3 Å². The number of aliphatic carboxylic acids is 1. The molecule has 0 aromatic carbocycles. The summed E-state index contributed by atoms with van der Waals surface area (Å²) < 4.78 is 0. The normalized spacial score (nSPS) is 14.5. The van der Waals surface area contributed by atoms with E-state index in [1.165, 1.54) is 29.7 Å². The van der Waals surface area contributed by atoms with Crippen LogP contribution in [0.4, 0.5) is 0 Å². The maximum Gasteiger partial charge on any atom is 0.303 e. The molecule has 1 aromatic rings. The van der Waals surface area contributed by atoms with Crippen LogP contribution in [0.1, 0.15) is 42.5 Å². The summed E-state index contributed by atoms with van der Waals surface area (Å²) >= 11 is 0. The highest BCUT2D eigenvalue weighted by Gasteiger charge is 2.10. The molecule has 1 aromatic heterocycles. The van der Waals surface area contributed by atoms with Gasteiger partial charge in [-0.15, -0.1) is 0 Å². The minimum Gasteiger partial charge on any atom is -0.481 e. The van der Waals surface area contributed by atoms with Gasteiger partial charge in [0, 0.05) is 18.3 Å². The summed E-state index contributed by atoms with van der Waals surface area (Å²) in [6.45, 7) is 0. The number of hydrogen-bond donors (Lipinski definition) is 1. The molecule has 1 N–H and O–H groups in total. The monoisotopic (exact) mass is 219 g/mol. The average Bonchev–Trinajstić information content (AvgIpc) is 2.28. The van der Waals surface area contributed by atoms with Crippen molar-refractivity contribution < 1.29 is 9.90 Å². The molecule has 0 unspecified atom stereocenters. The van der Waals surface area contributed by atoms with Crippen LogP contribution < -0.4 is 0 Å². The van der Waals surface area contributed by atoms with Gasteiger partial charge in [-0.25, -0.2) is 0 Å². The molecule has 1 aliphatic rings. The van der Waals surface area contributed by atoms with Crippen molar-refractivity contribution in [2.75, 3.05) is 0 Å². The van der Waals surface area contributed by atoms with Gasteiger partial charge in [0.05, 0.1) is 0 Å². The number of aromatic nitrogens is 1. The van der Waals surface area contributed by atoms with Gasteiger partial charge in [-0.05, 0) is 49.7 Å². The molecule has 86 valence electrons. The summed E-state index contributed by atoms with van der Waals surface area (Å²) in [7, 11) is 0. The zero-order valence-electron chi connectivity index (χ0n) is 9.41. The molecule has 1 heterocycles. The van der Waals surface area contributed by atoms with E-state index in [2.05, 4.69) is 11.1 Å². The molecule has 1 aliphatic carbocycles. The second-order valence-corrected chi connectivity index (χ2v) is 4.40. The number of rotatable bonds is 4. The van der Waals surface area contributed by atoms with Crippen LogP contribution in [0, 0.1) is 0 Å². The first-order chi connectivity index (χ1) is 7.75. The van der Waals surface area contributed by atoms with Crippen molar-refractivity contribution in [1.29, 1.82) is 0 Å². The Labute approximate surface area is 95.5 Å². The number of carbonyl (C=O) groups is 1. The third kappa shape index (κ3) is 2.81. The van der Waals surface area contributed by atoms with Crippen LogP contribution in [0.3, 0.4) is 0 Å². The van der Waals surface area contributed by atoms with Crippen LogP contribution in [0.2, 0.25) is 0 Å². The zero-order chi connectivity index (χ0) is 11.4. The molecule has 0 fully saturated rings. The van der Waals surface area contributed by atoms with Gasteiger partial charge >= 0.3 is 5.97 Å². The Balaban J connectivity index is 1.97. The number of nitrogens with zero attached hydrogens (tertiary/aromatic N) is 1. The van der Waals surface area contributed by atoms with Crippen molar-refractivity contribution in [2.45, 2.75) is 44.9 Å². The topological polar surface area (TPSA) is 50.2 Å². The van der Waals surface area contributed by atoms with Crippen LogP contribution in [0.15, 0.2) is 12.3 Å². The average molecular weight is 219 g/mol.